The highest BCUT2D eigenvalue weighted by molar-refractivity contribution is 14.1. The van der Waals surface area contributed by atoms with E-state index in [1.807, 2.05) is 24.3 Å². The molecule has 0 heterocycles. The van der Waals surface area contributed by atoms with E-state index in [0.717, 1.165) is 25.5 Å². The van der Waals surface area contributed by atoms with E-state index in [4.69, 9.17) is 21.1 Å². The third kappa shape index (κ3) is 5.64. The molecule has 0 fully saturated rings. The number of halogens is 2. The average Bonchev–Trinajstić information content (AvgIpc) is 2.88. The fourth-order valence-corrected chi connectivity index (χ4v) is 4.78. The summed E-state index contributed by atoms with van der Waals surface area (Å²) in [7, 11) is 1.56. The van der Waals surface area contributed by atoms with Crippen molar-refractivity contribution in [3.8, 4) is 17.6 Å². The predicted molar refractivity (Wildman–Crippen MR) is 152 cm³/mol. The van der Waals surface area contributed by atoms with Crippen molar-refractivity contribution in [2.75, 3.05) is 12.4 Å². The lowest BCUT2D eigenvalue weighted by atomic mass is 10.0. The maximum Gasteiger partial charge on any atom is 0.266 e. The van der Waals surface area contributed by atoms with Gasteiger partial charge in [0.25, 0.3) is 5.91 Å². The second-order valence-electron chi connectivity index (χ2n) is 8.01. The molecule has 180 valence electrons. The van der Waals surface area contributed by atoms with Gasteiger partial charge in [0, 0.05) is 5.56 Å². The third-order valence-corrected chi connectivity index (χ3v) is 6.82. The number of ether oxygens (including phenoxy) is 2. The van der Waals surface area contributed by atoms with E-state index in [9.17, 15) is 10.1 Å². The Morgan fingerprint density at radius 1 is 1.11 bits per heavy atom. The van der Waals surface area contributed by atoms with Crippen LogP contribution in [0.25, 0.3) is 16.8 Å². The fraction of sp³-hybridized carbons (Fsp3) is 0.103. The van der Waals surface area contributed by atoms with Gasteiger partial charge >= 0.3 is 0 Å². The number of aryl methyl sites for hydroxylation is 1. The molecule has 0 aromatic heterocycles. The minimum absolute atomic E-state index is 0.0622. The number of hydrogen-bond donors (Lipinski definition) is 1. The number of nitrogens with zero attached hydrogens (tertiary/aromatic N) is 1. The zero-order valence-electron chi connectivity index (χ0n) is 19.6. The van der Waals surface area contributed by atoms with Gasteiger partial charge in [-0.2, -0.15) is 5.26 Å². The summed E-state index contributed by atoms with van der Waals surface area (Å²) in [6.45, 7) is 2.44. The van der Waals surface area contributed by atoms with Gasteiger partial charge in [-0.1, -0.05) is 60.1 Å². The van der Waals surface area contributed by atoms with Crippen LogP contribution >= 0.6 is 34.2 Å². The van der Waals surface area contributed by atoms with E-state index in [1.54, 1.807) is 37.4 Å². The number of amides is 1. The summed E-state index contributed by atoms with van der Waals surface area (Å²) in [4.78, 5) is 12.7. The first kappa shape index (κ1) is 25.5. The van der Waals surface area contributed by atoms with Crippen molar-refractivity contribution >= 4 is 62.6 Å². The first-order valence-electron chi connectivity index (χ1n) is 11.1. The maximum absolute atomic E-state index is 12.7. The number of carbonyl (C=O) groups is 1. The number of para-hydroxylation sites is 1. The van der Waals surface area contributed by atoms with Crippen LogP contribution in [0.15, 0.2) is 78.4 Å². The molecule has 4 rings (SSSR count). The molecule has 0 aliphatic rings. The quantitative estimate of drug-likeness (QED) is 0.134. The smallest absolute Gasteiger partial charge is 0.266 e. The number of fused-ring (bicyclic) bond motifs is 1. The summed E-state index contributed by atoms with van der Waals surface area (Å²) < 4.78 is 12.6. The van der Waals surface area contributed by atoms with E-state index in [1.165, 1.54) is 6.08 Å². The van der Waals surface area contributed by atoms with E-state index in [0.29, 0.717) is 34.4 Å². The molecule has 4 aromatic carbocycles. The molecular formula is C29H22ClIN2O3. The number of rotatable bonds is 7. The monoisotopic (exact) mass is 608 g/mol. The summed E-state index contributed by atoms with van der Waals surface area (Å²) >= 11 is 8.29. The molecule has 0 aliphatic carbocycles. The van der Waals surface area contributed by atoms with Crippen molar-refractivity contribution in [2.45, 2.75) is 13.5 Å². The number of hydrogen-bond acceptors (Lipinski definition) is 4. The van der Waals surface area contributed by atoms with Crippen LogP contribution in [0.2, 0.25) is 5.02 Å². The number of nitriles is 1. The Labute approximate surface area is 228 Å². The Balaban J connectivity index is 1.60. The molecule has 4 aromatic rings. The van der Waals surface area contributed by atoms with Gasteiger partial charge in [0.15, 0.2) is 11.5 Å². The van der Waals surface area contributed by atoms with Crippen LogP contribution in [-0.4, -0.2) is 13.0 Å². The Morgan fingerprint density at radius 2 is 1.86 bits per heavy atom. The highest BCUT2D eigenvalue weighted by Crippen LogP contribution is 2.36. The van der Waals surface area contributed by atoms with Crippen LogP contribution in [-0.2, 0) is 11.4 Å². The summed E-state index contributed by atoms with van der Waals surface area (Å²) in [6.07, 6.45) is 1.51. The van der Waals surface area contributed by atoms with Crippen molar-refractivity contribution in [3.63, 3.8) is 0 Å². The Hall–Kier alpha value is -3.54. The Morgan fingerprint density at radius 3 is 2.61 bits per heavy atom. The molecule has 1 amide bonds. The minimum atomic E-state index is -0.550. The molecule has 0 atom stereocenters. The molecule has 5 nitrogen and oxygen atoms in total. The molecule has 0 saturated carbocycles. The van der Waals surface area contributed by atoms with Crippen LogP contribution in [0.1, 0.15) is 16.7 Å². The van der Waals surface area contributed by atoms with Gasteiger partial charge in [-0.05, 0) is 81.8 Å². The van der Waals surface area contributed by atoms with Crippen LogP contribution in [0, 0.1) is 21.8 Å². The molecular weight excluding hydrogens is 587 g/mol. The van der Waals surface area contributed by atoms with Gasteiger partial charge in [-0.3, -0.25) is 4.79 Å². The fourth-order valence-electron chi connectivity index (χ4n) is 3.81. The van der Waals surface area contributed by atoms with Crippen molar-refractivity contribution < 1.29 is 14.3 Å². The third-order valence-electron chi connectivity index (χ3n) is 5.69. The first-order chi connectivity index (χ1) is 17.4. The minimum Gasteiger partial charge on any atom is -0.493 e. The molecule has 7 heteroatoms. The van der Waals surface area contributed by atoms with Gasteiger partial charge in [0.05, 0.1) is 21.4 Å². The number of methoxy groups -OCH3 is 1. The van der Waals surface area contributed by atoms with Gasteiger partial charge in [-0.25, -0.2) is 0 Å². The average molecular weight is 609 g/mol. The summed E-state index contributed by atoms with van der Waals surface area (Å²) in [6, 6.07) is 24.8. The molecule has 0 spiro atoms. The second-order valence-corrected chi connectivity index (χ2v) is 9.58. The molecule has 0 bridgehead atoms. The van der Waals surface area contributed by atoms with Crippen molar-refractivity contribution in [1.29, 1.82) is 5.26 Å². The van der Waals surface area contributed by atoms with Crippen LogP contribution < -0.4 is 14.8 Å². The highest BCUT2D eigenvalue weighted by atomic mass is 127. The summed E-state index contributed by atoms with van der Waals surface area (Å²) in [5.41, 5.74) is 3.26. The summed E-state index contributed by atoms with van der Waals surface area (Å²) in [5.74, 6) is 0.558. The number of carbonyl (C=O) groups excluding carboxylic acids is 1. The molecule has 36 heavy (non-hydrogen) atoms. The number of anilines is 1. The van der Waals surface area contributed by atoms with Crippen LogP contribution in [0.3, 0.4) is 0 Å². The molecule has 1 N–H and O–H groups in total. The number of benzene rings is 4. The molecule has 0 saturated heterocycles. The Bertz CT molecular complexity index is 1530. The number of nitrogens with one attached hydrogen (secondary N) is 1. The SMILES string of the molecule is COc1cc(/C=C(\C#N)C(=O)Nc2ccccc2Cl)cc(I)c1OCc1c(C)ccc2ccccc12. The van der Waals surface area contributed by atoms with Gasteiger partial charge < -0.3 is 14.8 Å². The van der Waals surface area contributed by atoms with Gasteiger partial charge in [-0.15, -0.1) is 0 Å². The van der Waals surface area contributed by atoms with Gasteiger partial charge in [0.2, 0.25) is 0 Å². The lowest BCUT2D eigenvalue weighted by Gasteiger charge is -2.16. The van der Waals surface area contributed by atoms with E-state index < -0.39 is 5.91 Å². The molecule has 0 radical (unpaired) electrons. The lowest BCUT2D eigenvalue weighted by Crippen LogP contribution is -2.13. The zero-order chi connectivity index (χ0) is 25.7. The van der Waals surface area contributed by atoms with Crippen LogP contribution in [0.4, 0.5) is 5.69 Å². The highest BCUT2D eigenvalue weighted by Gasteiger charge is 2.16. The maximum atomic E-state index is 12.7. The normalized spacial score (nSPS) is 11.1. The van der Waals surface area contributed by atoms with Crippen LogP contribution in [0.5, 0.6) is 11.5 Å². The zero-order valence-corrected chi connectivity index (χ0v) is 22.6. The molecule has 0 aliphatic heterocycles. The second kappa shape index (κ2) is 11.5. The van der Waals surface area contributed by atoms with Crippen molar-refractivity contribution in [2.24, 2.45) is 0 Å². The van der Waals surface area contributed by atoms with Gasteiger partial charge in [0.1, 0.15) is 18.2 Å². The van der Waals surface area contributed by atoms with Crippen molar-refractivity contribution in [3.05, 3.63) is 104 Å². The first-order valence-corrected chi connectivity index (χ1v) is 12.5. The Kier molecular flexibility index (Phi) is 8.14. The largest absolute Gasteiger partial charge is 0.493 e. The van der Waals surface area contributed by atoms with E-state index >= 15 is 0 Å². The lowest BCUT2D eigenvalue weighted by molar-refractivity contribution is -0.112. The molecule has 0 unspecified atom stereocenters. The predicted octanol–water partition coefficient (Wildman–Crippen LogP) is 7.54. The van der Waals surface area contributed by atoms with E-state index in [-0.39, 0.29) is 5.57 Å². The summed E-state index contributed by atoms with van der Waals surface area (Å²) in [5, 5.41) is 15.0. The van der Waals surface area contributed by atoms with Crippen molar-refractivity contribution in [1.82, 2.24) is 0 Å². The van der Waals surface area contributed by atoms with E-state index in [2.05, 4.69) is 59.1 Å². The standard InChI is InChI=1S/C29H22ClIN2O3/c1-18-11-12-20-7-3-4-8-22(20)23(18)17-36-28-25(31)14-19(15-27(28)35-2)13-21(16-32)29(34)33-26-10-6-5-9-24(26)30/h3-15H,17H2,1-2H3,(H,33,34)/b21-13+. The topological polar surface area (TPSA) is 71.3 Å².